The Kier molecular flexibility index (Phi) is 5.03. The van der Waals surface area contributed by atoms with Gasteiger partial charge >= 0.3 is 0 Å². The molecule has 0 spiro atoms. The van der Waals surface area contributed by atoms with E-state index in [0.29, 0.717) is 11.8 Å². The van der Waals surface area contributed by atoms with Gasteiger partial charge in [0.05, 0.1) is 24.6 Å². The number of rotatable bonds is 5. The van der Waals surface area contributed by atoms with E-state index in [4.69, 9.17) is 4.74 Å². The molecule has 25 heavy (non-hydrogen) atoms. The smallest absolute Gasteiger partial charge is 0.137 e. The Morgan fingerprint density at radius 2 is 1.96 bits per heavy atom. The molecular weight excluding hydrogens is 316 g/mol. The molecule has 2 aliphatic heterocycles. The molecule has 2 aromatic heterocycles. The van der Waals surface area contributed by atoms with Gasteiger partial charge < -0.3 is 14.2 Å². The lowest BCUT2D eigenvalue weighted by molar-refractivity contribution is 0.0264. The standard InChI is InChI=1S/C19H28N4O2/c1-15-18(23-5-3-2-4-19(23)20-15)13-22-11-16(17(12-22)14-24)10-21-6-8-25-9-7-21/h2-5,16-17,24H,6-14H2,1H3/t16-,17-/m1/s1. The van der Waals surface area contributed by atoms with Crippen molar-refractivity contribution in [1.29, 1.82) is 0 Å². The number of likely N-dealkylation sites (tertiary alicyclic amines) is 1. The fourth-order valence-electron chi connectivity index (χ4n) is 4.26. The van der Waals surface area contributed by atoms with Crippen LogP contribution in [0.4, 0.5) is 0 Å². The summed E-state index contributed by atoms with van der Waals surface area (Å²) in [6.07, 6.45) is 2.09. The van der Waals surface area contributed by atoms with Gasteiger partial charge in [-0.3, -0.25) is 9.80 Å². The zero-order valence-electron chi connectivity index (χ0n) is 15.0. The first-order valence-electron chi connectivity index (χ1n) is 9.30. The predicted molar refractivity (Wildman–Crippen MR) is 96.5 cm³/mol. The number of aromatic nitrogens is 2. The highest BCUT2D eigenvalue weighted by atomic mass is 16.5. The highest BCUT2D eigenvalue weighted by molar-refractivity contribution is 5.42. The second kappa shape index (κ2) is 7.41. The number of morpholine rings is 1. The molecule has 0 bridgehead atoms. The molecule has 0 aliphatic carbocycles. The van der Waals surface area contributed by atoms with Crippen molar-refractivity contribution in [3.8, 4) is 0 Å². The molecule has 6 heteroatoms. The molecule has 2 saturated heterocycles. The minimum Gasteiger partial charge on any atom is -0.396 e. The lowest BCUT2D eigenvalue weighted by atomic mass is 9.96. The number of aliphatic hydroxyl groups excluding tert-OH is 1. The van der Waals surface area contributed by atoms with Gasteiger partial charge in [0.1, 0.15) is 5.65 Å². The summed E-state index contributed by atoms with van der Waals surface area (Å²) in [6, 6.07) is 6.14. The number of nitrogens with zero attached hydrogens (tertiary/aromatic N) is 4. The molecule has 136 valence electrons. The zero-order valence-corrected chi connectivity index (χ0v) is 15.0. The van der Waals surface area contributed by atoms with Crippen LogP contribution < -0.4 is 0 Å². The second-order valence-electron chi connectivity index (χ2n) is 7.38. The Morgan fingerprint density at radius 3 is 2.76 bits per heavy atom. The number of hydrogen-bond acceptors (Lipinski definition) is 5. The van der Waals surface area contributed by atoms with E-state index in [9.17, 15) is 5.11 Å². The SMILES string of the molecule is Cc1nc2ccccn2c1CN1C[C@@H](CN2CCOCC2)[C@@H](CO)C1. The van der Waals surface area contributed by atoms with Crippen molar-refractivity contribution in [2.45, 2.75) is 13.5 Å². The molecule has 2 aromatic rings. The van der Waals surface area contributed by atoms with Gasteiger partial charge in [0, 0.05) is 52.1 Å². The van der Waals surface area contributed by atoms with Crippen molar-refractivity contribution in [2.24, 2.45) is 11.8 Å². The van der Waals surface area contributed by atoms with E-state index >= 15 is 0 Å². The average Bonchev–Trinajstić information content (AvgIpc) is 3.17. The molecule has 0 aromatic carbocycles. The third-order valence-electron chi connectivity index (χ3n) is 5.69. The third kappa shape index (κ3) is 3.58. The molecule has 2 aliphatic rings. The van der Waals surface area contributed by atoms with Crippen LogP contribution in [0, 0.1) is 18.8 Å². The first-order chi connectivity index (χ1) is 12.2. The normalized spacial score (nSPS) is 25.8. The van der Waals surface area contributed by atoms with E-state index in [-0.39, 0.29) is 6.61 Å². The first kappa shape index (κ1) is 17.0. The van der Waals surface area contributed by atoms with Gasteiger partial charge in [0.2, 0.25) is 0 Å². The molecule has 1 N–H and O–H groups in total. The lowest BCUT2D eigenvalue weighted by Gasteiger charge is -2.30. The predicted octanol–water partition coefficient (Wildman–Crippen LogP) is 1.02. The fourth-order valence-corrected chi connectivity index (χ4v) is 4.26. The van der Waals surface area contributed by atoms with Crippen LogP contribution in [0.1, 0.15) is 11.4 Å². The van der Waals surface area contributed by atoms with E-state index in [0.717, 1.165) is 63.8 Å². The van der Waals surface area contributed by atoms with Gasteiger partial charge in [-0.05, 0) is 30.9 Å². The van der Waals surface area contributed by atoms with Crippen molar-refractivity contribution < 1.29 is 9.84 Å². The Balaban J connectivity index is 1.45. The number of ether oxygens (including phenoxy) is 1. The summed E-state index contributed by atoms with van der Waals surface area (Å²) in [5.41, 5.74) is 3.38. The number of pyridine rings is 1. The summed E-state index contributed by atoms with van der Waals surface area (Å²) in [5, 5.41) is 9.85. The minimum atomic E-state index is 0.275. The maximum absolute atomic E-state index is 9.85. The summed E-state index contributed by atoms with van der Waals surface area (Å²) >= 11 is 0. The van der Waals surface area contributed by atoms with Crippen LogP contribution >= 0.6 is 0 Å². The van der Waals surface area contributed by atoms with Crippen LogP contribution in [-0.4, -0.2) is 76.8 Å². The molecule has 0 saturated carbocycles. The second-order valence-corrected chi connectivity index (χ2v) is 7.38. The largest absolute Gasteiger partial charge is 0.396 e. The monoisotopic (exact) mass is 344 g/mol. The Bertz CT molecular complexity index is 711. The first-order valence-corrected chi connectivity index (χ1v) is 9.30. The van der Waals surface area contributed by atoms with Crippen LogP contribution in [0.5, 0.6) is 0 Å². The third-order valence-corrected chi connectivity index (χ3v) is 5.69. The van der Waals surface area contributed by atoms with Crippen molar-refractivity contribution in [3.05, 3.63) is 35.8 Å². The van der Waals surface area contributed by atoms with Crippen LogP contribution in [0.2, 0.25) is 0 Å². The van der Waals surface area contributed by atoms with Gasteiger partial charge in [0.15, 0.2) is 0 Å². The summed E-state index contributed by atoms with van der Waals surface area (Å²) in [5.74, 6) is 0.893. The van der Waals surface area contributed by atoms with Gasteiger partial charge in [-0.15, -0.1) is 0 Å². The van der Waals surface area contributed by atoms with Crippen molar-refractivity contribution in [1.82, 2.24) is 19.2 Å². The minimum absolute atomic E-state index is 0.275. The topological polar surface area (TPSA) is 53.2 Å². The molecule has 0 amide bonds. The molecular formula is C19H28N4O2. The summed E-state index contributed by atoms with van der Waals surface area (Å²) in [7, 11) is 0. The van der Waals surface area contributed by atoms with Gasteiger partial charge in [-0.25, -0.2) is 4.98 Å². The number of imidazole rings is 1. The van der Waals surface area contributed by atoms with E-state index in [1.807, 2.05) is 6.07 Å². The number of hydrogen-bond donors (Lipinski definition) is 1. The van der Waals surface area contributed by atoms with E-state index in [1.165, 1.54) is 5.69 Å². The summed E-state index contributed by atoms with van der Waals surface area (Å²) in [6.45, 7) is 10.0. The summed E-state index contributed by atoms with van der Waals surface area (Å²) in [4.78, 5) is 9.64. The van der Waals surface area contributed by atoms with Crippen molar-refractivity contribution in [3.63, 3.8) is 0 Å². The zero-order chi connectivity index (χ0) is 17.2. The van der Waals surface area contributed by atoms with Crippen molar-refractivity contribution in [2.75, 3.05) is 52.5 Å². The van der Waals surface area contributed by atoms with Gasteiger partial charge in [-0.2, -0.15) is 0 Å². The quantitative estimate of drug-likeness (QED) is 0.878. The highest BCUT2D eigenvalue weighted by Gasteiger charge is 2.34. The molecule has 4 rings (SSSR count). The Morgan fingerprint density at radius 1 is 1.16 bits per heavy atom. The molecule has 0 radical (unpaired) electrons. The molecule has 2 fully saturated rings. The van der Waals surface area contributed by atoms with Crippen LogP contribution in [0.15, 0.2) is 24.4 Å². The van der Waals surface area contributed by atoms with E-state index in [1.54, 1.807) is 0 Å². The van der Waals surface area contributed by atoms with E-state index < -0.39 is 0 Å². The van der Waals surface area contributed by atoms with Crippen LogP contribution in [-0.2, 0) is 11.3 Å². The highest BCUT2D eigenvalue weighted by Crippen LogP contribution is 2.26. The lowest BCUT2D eigenvalue weighted by Crippen LogP contribution is -2.41. The Hall–Kier alpha value is -1.47. The average molecular weight is 344 g/mol. The van der Waals surface area contributed by atoms with Gasteiger partial charge in [-0.1, -0.05) is 6.07 Å². The fraction of sp³-hybridized carbons (Fsp3) is 0.632. The van der Waals surface area contributed by atoms with Gasteiger partial charge in [0.25, 0.3) is 0 Å². The van der Waals surface area contributed by atoms with Crippen LogP contribution in [0.3, 0.4) is 0 Å². The number of aliphatic hydroxyl groups is 1. The molecule has 0 unspecified atom stereocenters. The van der Waals surface area contributed by atoms with Crippen LogP contribution in [0.25, 0.3) is 5.65 Å². The number of aryl methyl sites for hydroxylation is 1. The molecule has 2 atom stereocenters. The Labute approximate surface area is 149 Å². The molecule has 6 nitrogen and oxygen atoms in total. The molecule has 4 heterocycles. The number of fused-ring (bicyclic) bond motifs is 1. The van der Waals surface area contributed by atoms with Crippen molar-refractivity contribution >= 4 is 5.65 Å². The van der Waals surface area contributed by atoms with E-state index in [2.05, 4.69) is 44.4 Å². The summed E-state index contributed by atoms with van der Waals surface area (Å²) < 4.78 is 7.64. The maximum Gasteiger partial charge on any atom is 0.137 e. The maximum atomic E-state index is 9.85.